The lowest BCUT2D eigenvalue weighted by Gasteiger charge is -2.21. The van der Waals surface area contributed by atoms with Crippen molar-refractivity contribution in [2.45, 2.75) is 32.7 Å². The first-order chi connectivity index (χ1) is 15.7. The summed E-state index contributed by atoms with van der Waals surface area (Å²) in [6.07, 6.45) is 4.83. The Hall–Kier alpha value is -2.71. The monoisotopic (exact) mass is 444 g/mol. The van der Waals surface area contributed by atoms with Crippen LogP contribution in [0.4, 0.5) is 4.39 Å². The van der Waals surface area contributed by atoms with Gasteiger partial charge in [0.15, 0.2) is 5.96 Å². The van der Waals surface area contributed by atoms with Gasteiger partial charge in [-0.05, 0) is 49.8 Å². The van der Waals surface area contributed by atoms with Crippen LogP contribution < -0.4 is 15.4 Å². The molecule has 0 bridgehead atoms. The Bertz CT molecular complexity index is 826. The molecule has 1 aromatic carbocycles. The Kier molecular flexibility index (Phi) is 10.2. The summed E-state index contributed by atoms with van der Waals surface area (Å²) in [7, 11) is 0. The van der Waals surface area contributed by atoms with Gasteiger partial charge in [-0.1, -0.05) is 12.1 Å². The van der Waals surface area contributed by atoms with Gasteiger partial charge in [0.05, 0.1) is 6.54 Å². The zero-order chi connectivity index (χ0) is 22.4. The number of ether oxygens (including phenoxy) is 3. The van der Waals surface area contributed by atoms with E-state index in [0.29, 0.717) is 24.1 Å². The van der Waals surface area contributed by atoms with Crippen LogP contribution in [0.2, 0.25) is 0 Å². The van der Waals surface area contributed by atoms with Crippen LogP contribution in [0.25, 0.3) is 0 Å². The average molecular weight is 445 g/mol. The smallest absolute Gasteiger partial charge is 0.219 e. The molecule has 32 heavy (non-hydrogen) atoms. The maximum atomic E-state index is 13.3. The number of hydrogen-bond donors (Lipinski definition) is 2. The fourth-order valence-electron chi connectivity index (χ4n) is 3.27. The van der Waals surface area contributed by atoms with Crippen molar-refractivity contribution in [1.82, 2.24) is 15.6 Å². The molecule has 1 aliphatic heterocycles. The quantitative estimate of drug-likeness (QED) is 0.311. The Morgan fingerprint density at radius 1 is 1.22 bits per heavy atom. The van der Waals surface area contributed by atoms with Gasteiger partial charge in [0, 0.05) is 57.8 Å². The molecule has 1 aromatic heterocycles. The van der Waals surface area contributed by atoms with Crippen molar-refractivity contribution in [3.8, 4) is 11.6 Å². The van der Waals surface area contributed by atoms with Crippen LogP contribution in [0, 0.1) is 11.7 Å². The first-order valence-corrected chi connectivity index (χ1v) is 11.3. The highest BCUT2D eigenvalue weighted by molar-refractivity contribution is 5.79. The summed E-state index contributed by atoms with van der Waals surface area (Å²) in [6, 6.07) is 9.64. The van der Waals surface area contributed by atoms with E-state index < -0.39 is 0 Å². The van der Waals surface area contributed by atoms with Gasteiger partial charge in [0.25, 0.3) is 0 Å². The molecule has 1 saturated heterocycles. The van der Waals surface area contributed by atoms with E-state index in [-0.39, 0.29) is 5.82 Å². The molecule has 0 saturated carbocycles. The van der Waals surface area contributed by atoms with Gasteiger partial charge in [0.1, 0.15) is 11.6 Å². The molecule has 1 aliphatic rings. The van der Waals surface area contributed by atoms with Crippen LogP contribution in [0.1, 0.15) is 31.7 Å². The number of aromatic nitrogens is 1. The van der Waals surface area contributed by atoms with Crippen LogP contribution >= 0.6 is 0 Å². The molecular formula is C24H33FN4O3. The number of halogens is 1. The molecule has 0 unspecified atom stereocenters. The average Bonchev–Trinajstić information content (AvgIpc) is 2.81. The largest absolute Gasteiger partial charge is 0.439 e. The molecular weight excluding hydrogens is 411 g/mol. The summed E-state index contributed by atoms with van der Waals surface area (Å²) >= 11 is 0. The van der Waals surface area contributed by atoms with E-state index in [2.05, 4.69) is 20.6 Å². The Labute approximate surface area is 189 Å². The number of aliphatic imine (C=N–C) groups is 1. The molecule has 0 atom stereocenters. The summed E-state index contributed by atoms with van der Waals surface area (Å²) in [4.78, 5) is 8.89. The third-order valence-electron chi connectivity index (χ3n) is 5.03. The van der Waals surface area contributed by atoms with Crippen molar-refractivity contribution >= 4 is 5.96 Å². The van der Waals surface area contributed by atoms with E-state index in [1.54, 1.807) is 24.4 Å². The molecule has 8 heteroatoms. The Morgan fingerprint density at radius 2 is 2.09 bits per heavy atom. The van der Waals surface area contributed by atoms with Crippen molar-refractivity contribution < 1.29 is 18.6 Å². The molecule has 0 radical (unpaired) electrons. The minimum atomic E-state index is -0.345. The molecule has 0 spiro atoms. The van der Waals surface area contributed by atoms with Crippen LogP contribution in [0.5, 0.6) is 11.6 Å². The van der Waals surface area contributed by atoms with Crippen molar-refractivity contribution in [3.05, 3.63) is 54.0 Å². The molecule has 3 rings (SSSR count). The van der Waals surface area contributed by atoms with Crippen LogP contribution in [0.15, 0.2) is 47.6 Å². The zero-order valence-corrected chi connectivity index (χ0v) is 18.7. The van der Waals surface area contributed by atoms with Gasteiger partial charge >= 0.3 is 0 Å². The highest BCUT2D eigenvalue weighted by Gasteiger charge is 2.13. The maximum Gasteiger partial charge on any atom is 0.219 e. The van der Waals surface area contributed by atoms with Crippen molar-refractivity contribution in [3.63, 3.8) is 0 Å². The van der Waals surface area contributed by atoms with E-state index in [1.807, 2.05) is 13.0 Å². The predicted octanol–water partition coefficient (Wildman–Crippen LogP) is 3.90. The summed E-state index contributed by atoms with van der Waals surface area (Å²) in [5.41, 5.74) is 0.952. The fourth-order valence-corrected chi connectivity index (χ4v) is 3.27. The lowest BCUT2D eigenvalue weighted by molar-refractivity contribution is 0.0203. The summed E-state index contributed by atoms with van der Waals surface area (Å²) in [5.74, 6) is 1.88. The number of rotatable bonds is 11. The summed E-state index contributed by atoms with van der Waals surface area (Å²) in [5, 5.41) is 6.59. The number of hydrogen-bond acceptors (Lipinski definition) is 5. The molecule has 2 heterocycles. The van der Waals surface area contributed by atoms with Crippen LogP contribution in [0.3, 0.4) is 0 Å². The number of benzene rings is 1. The molecule has 1 fully saturated rings. The fraction of sp³-hybridized carbons (Fsp3) is 0.500. The predicted molar refractivity (Wildman–Crippen MR) is 123 cm³/mol. The minimum absolute atomic E-state index is 0.345. The number of nitrogens with zero attached hydrogens (tertiary/aromatic N) is 2. The van der Waals surface area contributed by atoms with Crippen molar-refractivity contribution in [2.24, 2.45) is 10.9 Å². The molecule has 2 N–H and O–H groups in total. The van der Waals surface area contributed by atoms with Gasteiger partial charge in [-0.2, -0.15) is 0 Å². The third kappa shape index (κ3) is 8.80. The summed E-state index contributed by atoms with van der Waals surface area (Å²) in [6.45, 7) is 7.37. The highest BCUT2D eigenvalue weighted by Crippen LogP contribution is 2.20. The van der Waals surface area contributed by atoms with Gasteiger partial charge in [0.2, 0.25) is 5.88 Å². The Balaban J connectivity index is 1.37. The lowest BCUT2D eigenvalue weighted by atomic mass is 10.0. The minimum Gasteiger partial charge on any atom is -0.439 e. The van der Waals surface area contributed by atoms with Crippen LogP contribution in [-0.2, 0) is 16.0 Å². The number of guanidine groups is 1. The first-order valence-electron chi connectivity index (χ1n) is 11.3. The van der Waals surface area contributed by atoms with Crippen molar-refractivity contribution in [2.75, 3.05) is 39.5 Å². The van der Waals surface area contributed by atoms with Crippen molar-refractivity contribution in [1.29, 1.82) is 0 Å². The van der Waals surface area contributed by atoms with E-state index in [1.165, 1.54) is 12.1 Å². The molecule has 174 valence electrons. The topological polar surface area (TPSA) is 77.0 Å². The second-order valence-electron chi connectivity index (χ2n) is 7.67. The summed E-state index contributed by atoms with van der Waals surface area (Å²) < 4.78 is 30.0. The molecule has 2 aromatic rings. The molecule has 0 aliphatic carbocycles. The zero-order valence-electron chi connectivity index (χ0n) is 18.7. The van der Waals surface area contributed by atoms with Gasteiger partial charge in [-0.3, -0.25) is 0 Å². The van der Waals surface area contributed by atoms with E-state index in [0.717, 1.165) is 70.3 Å². The Morgan fingerprint density at radius 3 is 2.84 bits per heavy atom. The van der Waals surface area contributed by atoms with Crippen LogP contribution in [-0.4, -0.2) is 50.5 Å². The number of pyridine rings is 1. The third-order valence-corrected chi connectivity index (χ3v) is 5.03. The molecule has 7 nitrogen and oxygen atoms in total. The van der Waals surface area contributed by atoms with Gasteiger partial charge in [-0.25, -0.2) is 14.4 Å². The number of nitrogens with one attached hydrogen (secondary N) is 2. The SMILES string of the molecule is CCNC(=NCc1ccc(Oc2cccc(F)c2)nc1)NCCCOCC1CCOCC1. The molecule has 0 amide bonds. The second kappa shape index (κ2) is 13.6. The van der Waals surface area contributed by atoms with Gasteiger partial charge in [-0.15, -0.1) is 0 Å². The van der Waals surface area contributed by atoms with E-state index >= 15 is 0 Å². The maximum absolute atomic E-state index is 13.3. The van der Waals surface area contributed by atoms with E-state index in [4.69, 9.17) is 14.2 Å². The van der Waals surface area contributed by atoms with Gasteiger partial charge < -0.3 is 24.8 Å². The normalized spacial score (nSPS) is 14.9. The second-order valence-corrected chi connectivity index (χ2v) is 7.67. The first kappa shape index (κ1) is 23.9. The lowest BCUT2D eigenvalue weighted by Crippen LogP contribution is -2.38. The standard InChI is InChI=1S/C24H33FN4O3/c1-2-26-24(27-11-4-12-31-18-19-9-13-30-14-10-19)29-17-20-7-8-23(28-16-20)32-22-6-3-5-21(25)15-22/h3,5-8,15-16,19H,2,4,9-14,17-18H2,1H3,(H2,26,27,29). The van der Waals surface area contributed by atoms with E-state index in [9.17, 15) is 4.39 Å². The highest BCUT2D eigenvalue weighted by atomic mass is 19.1.